The van der Waals surface area contributed by atoms with Crippen LogP contribution < -0.4 is 5.32 Å². The highest BCUT2D eigenvalue weighted by Gasteiger charge is 2.51. The minimum Gasteiger partial charge on any atom is -0.394 e. The molecular formula is C51H87NO13. The molecule has 9 N–H and O–H groups in total. The van der Waals surface area contributed by atoms with Crippen LogP contribution in [0.3, 0.4) is 0 Å². The van der Waals surface area contributed by atoms with E-state index in [0.29, 0.717) is 12.8 Å². The Bertz CT molecular complexity index is 1370. The SMILES string of the molecule is CC/C=C\C/C=C\C/C=C\CCCCCCCCCC(=O)NC(COC1OC(CO)C(OC2OC(CO)C(O)C(O)C2O)C(O)C1O)C(O)/C=C/CC/C=C/CC/C=C/CCCCCC. The van der Waals surface area contributed by atoms with Crippen molar-refractivity contribution in [3.63, 3.8) is 0 Å². The minimum atomic E-state index is -1.79. The summed E-state index contributed by atoms with van der Waals surface area (Å²) in [7, 11) is 0. The summed E-state index contributed by atoms with van der Waals surface area (Å²) in [6.07, 6.45) is 29.4. The van der Waals surface area contributed by atoms with Gasteiger partial charge in [-0.25, -0.2) is 0 Å². The molecule has 2 fully saturated rings. The van der Waals surface area contributed by atoms with Gasteiger partial charge in [0, 0.05) is 6.42 Å². The molecule has 2 aliphatic rings. The number of carbonyl (C=O) groups excluding carboxylic acids is 1. The second kappa shape index (κ2) is 37.4. The molecule has 2 heterocycles. The predicted molar refractivity (Wildman–Crippen MR) is 253 cm³/mol. The van der Waals surface area contributed by atoms with Gasteiger partial charge in [0.25, 0.3) is 0 Å². The summed E-state index contributed by atoms with van der Waals surface area (Å²) in [6, 6.07) is -0.945. The number of hydrogen-bond acceptors (Lipinski definition) is 13. The van der Waals surface area contributed by atoms with Crippen LogP contribution >= 0.6 is 0 Å². The third-order valence-corrected chi connectivity index (χ3v) is 11.6. The predicted octanol–water partition coefficient (Wildman–Crippen LogP) is 6.04. The lowest BCUT2D eigenvalue weighted by molar-refractivity contribution is -0.359. The van der Waals surface area contributed by atoms with E-state index in [-0.39, 0.29) is 18.9 Å². The third-order valence-electron chi connectivity index (χ3n) is 11.6. The summed E-state index contributed by atoms with van der Waals surface area (Å²) in [6.45, 7) is 2.59. The van der Waals surface area contributed by atoms with Crippen LogP contribution in [-0.4, -0.2) is 140 Å². The van der Waals surface area contributed by atoms with Gasteiger partial charge in [0.2, 0.25) is 5.91 Å². The highest BCUT2D eigenvalue weighted by Crippen LogP contribution is 2.30. The smallest absolute Gasteiger partial charge is 0.220 e. The van der Waals surface area contributed by atoms with Crippen molar-refractivity contribution in [3.05, 3.63) is 72.9 Å². The van der Waals surface area contributed by atoms with Crippen LogP contribution in [0.5, 0.6) is 0 Å². The number of ether oxygens (including phenoxy) is 4. The maximum absolute atomic E-state index is 13.2. The standard InChI is InChI=1S/C51H87NO13/c1-3-5-7-9-11-13-15-17-19-20-21-23-25-27-29-31-33-35-43(56)52-39(40(55)34-32-30-28-26-24-22-18-16-14-12-10-8-6-4-2)38-62-50-48(61)46(59)49(42(37-54)64-50)65-51-47(60)45(58)44(57)41(36-53)63-51/h5,7,11,13-14,16-17,19,24,26,32,34,39-42,44-51,53-55,57-61H,3-4,6,8-10,12,15,18,20-23,25,27-31,33,35-38H2,1-2H3,(H,52,56)/b7-5-,13-11-,16-14+,19-17-,26-24+,34-32+. The fourth-order valence-electron chi connectivity index (χ4n) is 7.57. The maximum atomic E-state index is 13.2. The molecule has 65 heavy (non-hydrogen) atoms. The molecule has 14 heteroatoms. The number of hydrogen-bond donors (Lipinski definition) is 9. The van der Waals surface area contributed by atoms with Gasteiger partial charge in [0.1, 0.15) is 48.8 Å². The number of amides is 1. The molecule has 0 saturated carbocycles. The largest absolute Gasteiger partial charge is 0.394 e. The van der Waals surface area contributed by atoms with Crippen LogP contribution in [0.15, 0.2) is 72.9 Å². The van der Waals surface area contributed by atoms with Crippen molar-refractivity contribution in [2.45, 2.75) is 222 Å². The van der Waals surface area contributed by atoms with Crippen LogP contribution in [0.25, 0.3) is 0 Å². The van der Waals surface area contributed by atoms with Gasteiger partial charge in [-0.3, -0.25) is 4.79 Å². The third kappa shape index (κ3) is 24.9. The Kier molecular flexibility index (Phi) is 33.7. The molecule has 2 aliphatic heterocycles. The van der Waals surface area contributed by atoms with Crippen molar-refractivity contribution in [1.29, 1.82) is 0 Å². The van der Waals surface area contributed by atoms with Gasteiger partial charge >= 0.3 is 0 Å². The molecule has 0 aliphatic carbocycles. The lowest BCUT2D eigenvalue weighted by atomic mass is 9.97. The Labute approximate surface area is 389 Å². The van der Waals surface area contributed by atoms with Crippen LogP contribution in [-0.2, 0) is 23.7 Å². The second-order valence-electron chi connectivity index (χ2n) is 17.2. The van der Waals surface area contributed by atoms with Crippen LogP contribution in [0.1, 0.15) is 149 Å². The number of nitrogens with one attached hydrogen (secondary N) is 1. The summed E-state index contributed by atoms with van der Waals surface area (Å²) in [5, 5.41) is 86.6. The van der Waals surface area contributed by atoms with Crippen molar-refractivity contribution in [2.24, 2.45) is 0 Å². The topological polar surface area (TPSA) is 228 Å². The normalized spacial score (nSPS) is 27.7. The van der Waals surface area contributed by atoms with Crippen molar-refractivity contribution in [2.75, 3.05) is 19.8 Å². The van der Waals surface area contributed by atoms with E-state index in [2.05, 4.69) is 79.9 Å². The average molecular weight is 922 g/mol. The van der Waals surface area contributed by atoms with E-state index in [1.54, 1.807) is 6.08 Å². The molecule has 12 atom stereocenters. The molecule has 1 amide bonds. The van der Waals surface area contributed by atoms with Crippen molar-refractivity contribution < 1.29 is 64.6 Å². The number of rotatable bonds is 36. The number of allylic oxidation sites excluding steroid dienone is 11. The number of aliphatic hydroxyl groups excluding tert-OH is 8. The number of unbranched alkanes of at least 4 members (excludes halogenated alkanes) is 13. The van der Waals surface area contributed by atoms with Crippen LogP contribution in [0, 0.1) is 0 Å². The maximum Gasteiger partial charge on any atom is 0.220 e. The first-order valence-electron chi connectivity index (χ1n) is 24.7. The molecule has 0 aromatic carbocycles. The molecular weight excluding hydrogens is 835 g/mol. The van der Waals surface area contributed by atoms with Gasteiger partial charge in [0.15, 0.2) is 12.6 Å². The monoisotopic (exact) mass is 922 g/mol. The molecule has 14 nitrogen and oxygen atoms in total. The van der Waals surface area contributed by atoms with Gasteiger partial charge in [-0.1, -0.05) is 138 Å². The summed E-state index contributed by atoms with van der Waals surface area (Å²) in [5.74, 6) is -0.269. The first kappa shape index (κ1) is 58.6. The highest BCUT2D eigenvalue weighted by atomic mass is 16.7. The zero-order valence-electron chi connectivity index (χ0n) is 39.4. The molecule has 0 spiro atoms. The minimum absolute atomic E-state index is 0.255. The van der Waals surface area contributed by atoms with E-state index >= 15 is 0 Å². The lowest BCUT2D eigenvalue weighted by Gasteiger charge is -2.46. The Morgan fingerprint density at radius 1 is 0.569 bits per heavy atom. The molecule has 0 aromatic heterocycles. The zero-order valence-corrected chi connectivity index (χ0v) is 39.4. The lowest BCUT2D eigenvalue weighted by Crippen LogP contribution is -2.65. The van der Waals surface area contributed by atoms with Crippen molar-refractivity contribution in [1.82, 2.24) is 5.32 Å². The molecule has 374 valence electrons. The van der Waals surface area contributed by atoms with Crippen LogP contribution in [0.4, 0.5) is 0 Å². The fourth-order valence-corrected chi connectivity index (χ4v) is 7.57. The second-order valence-corrected chi connectivity index (χ2v) is 17.2. The first-order valence-corrected chi connectivity index (χ1v) is 24.7. The Morgan fingerprint density at radius 3 is 1.69 bits per heavy atom. The fraction of sp³-hybridized carbons (Fsp3) is 0.745. The van der Waals surface area contributed by atoms with Crippen LogP contribution in [0.2, 0.25) is 0 Å². The summed E-state index contributed by atoms with van der Waals surface area (Å²) < 4.78 is 22.6. The highest BCUT2D eigenvalue weighted by molar-refractivity contribution is 5.76. The van der Waals surface area contributed by atoms with E-state index < -0.39 is 86.8 Å². The summed E-state index contributed by atoms with van der Waals surface area (Å²) in [4.78, 5) is 13.2. The van der Waals surface area contributed by atoms with Gasteiger partial charge in [-0.05, 0) is 77.0 Å². The first-order chi connectivity index (χ1) is 31.6. The van der Waals surface area contributed by atoms with E-state index in [9.17, 15) is 45.6 Å². The number of aliphatic hydroxyl groups is 8. The van der Waals surface area contributed by atoms with E-state index in [0.717, 1.165) is 83.5 Å². The molecule has 12 unspecified atom stereocenters. The van der Waals surface area contributed by atoms with Crippen molar-refractivity contribution >= 4 is 5.91 Å². The molecule has 2 rings (SSSR count). The molecule has 0 aromatic rings. The molecule has 0 bridgehead atoms. The van der Waals surface area contributed by atoms with E-state index in [1.807, 2.05) is 6.08 Å². The van der Waals surface area contributed by atoms with E-state index in [4.69, 9.17) is 18.9 Å². The Balaban J connectivity index is 1.89. The molecule has 2 saturated heterocycles. The van der Waals surface area contributed by atoms with Gasteiger partial charge in [0.05, 0.1) is 32.0 Å². The molecule has 0 radical (unpaired) electrons. The van der Waals surface area contributed by atoms with E-state index in [1.165, 1.54) is 32.1 Å². The van der Waals surface area contributed by atoms with Gasteiger partial charge < -0.3 is 65.1 Å². The van der Waals surface area contributed by atoms with Gasteiger partial charge in [-0.2, -0.15) is 0 Å². The number of carbonyl (C=O) groups is 1. The van der Waals surface area contributed by atoms with Crippen molar-refractivity contribution in [3.8, 4) is 0 Å². The van der Waals surface area contributed by atoms with Gasteiger partial charge in [-0.15, -0.1) is 0 Å². The quantitative estimate of drug-likeness (QED) is 0.0258. The zero-order chi connectivity index (χ0) is 47.5. The summed E-state index contributed by atoms with van der Waals surface area (Å²) in [5.41, 5.74) is 0. The average Bonchev–Trinajstić information content (AvgIpc) is 3.30. The summed E-state index contributed by atoms with van der Waals surface area (Å²) >= 11 is 0. The Hall–Kier alpha value is -2.57. The Morgan fingerprint density at radius 2 is 1.08 bits per heavy atom.